The van der Waals surface area contributed by atoms with Crippen molar-refractivity contribution in [2.24, 2.45) is 0 Å². The number of nitrogens with two attached hydrogens (primary N) is 1. The van der Waals surface area contributed by atoms with Crippen molar-refractivity contribution in [3.05, 3.63) is 22.2 Å². The Labute approximate surface area is 110 Å². The number of fused-ring (bicyclic) bond motifs is 1. The highest BCUT2D eigenvalue weighted by Crippen LogP contribution is 2.35. The first-order valence-electron chi connectivity index (χ1n) is 5.77. The van der Waals surface area contributed by atoms with Gasteiger partial charge in [-0.25, -0.2) is 9.78 Å². The maximum Gasteiger partial charge on any atom is 0.350 e. The molecule has 2 rings (SSSR count). The van der Waals surface area contributed by atoms with Gasteiger partial charge in [-0.1, -0.05) is 0 Å². The molecule has 0 aliphatic carbocycles. The Bertz CT molecular complexity index is 617. The molecule has 0 aliphatic rings. The van der Waals surface area contributed by atoms with Gasteiger partial charge in [0.25, 0.3) is 0 Å². The third kappa shape index (κ3) is 2.18. The van der Waals surface area contributed by atoms with Crippen molar-refractivity contribution in [1.82, 2.24) is 4.98 Å². The van der Waals surface area contributed by atoms with Crippen LogP contribution in [0.3, 0.4) is 0 Å². The van der Waals surface area contributed by atoms with Crippen molar-refractivity contribution >= 4 is 33.2 Å². The molecule has 0 saturated carbocycles. The summed E-state index contributed by atoms with van der Waals surface area (Å²) in [5, 5.41) is 0.862. The lowest BCUT2D eigenvalue weighted by Crippen LogP contribution is -2.11. The molecule has 5 heteroatoms. The van der Waals surface area contributed by atoms with Crippen molar-refractivity contribution in [1.29, 1.82) is 0 Å². The van der Waals surface area contributed by atoms with E-state index in [9.17, 15) is 4.79 Å². The van der Waals surface area contributed by atoms with E-state index in [1.54, 1.807) is 0 Å². The number of anilines is 1. The normalized spacial score (nSPS) is 11.2. The Kier molecular flexibility index (Phi) is 3.26. The number of aryl methyl sites for hydroxylation is 2. The van der Waals surface area contributed by atoms with E-state index in [1.807, 2.05) is 33.8 Å². The third-order valence-corrected chi connectivity index (χ3v) is 3.63. The fourth-order valence-electron chi connectivity index (χ4n) is 1.89. The lowest BCUT2D eigenvalue weighted by atomic mass is 10.1. The van der Waals surface area contributed by atoms with Crippen molar-refractivity contribution in [3.8, 4) is 0 Å². The van der Waals surface area contributed by atoms with Gasteiger partial charge in [0.1, 0.15) is 9.71 Å². The number of thiophene rings is 1. The van der Waals surface area contributed by atoms with Crippen molar-refractivity contribution in [3.63, 3.8) is 0 Å². The molecule has 2 aromatic heterocycles. The first kappa shape index (κ1) is 12.8. The molecule has 0 aromatic carbocycles. The maximum atomic E-state index is 11.9. The number of rotatable bonds is 2. The number of pyridine rings is 1. The number of ether oxygens (including phenoxy) is 1. The Hall–Kier alpha value is -1.62. The van der Waals surface area contributed by atoms with Crippen LogP contribution in [0, 0.1) is 13.8 Å². The number of hydrogen-bond donors (Lipinski definition) is 1. The standard InChI is InChI=1S/C13H16N2O2S/c1-6(2)17-13(16)11-10(14)9-7(3)5-8(4)15-12(9)18-11/h5-6H,14H2,1-4H3. The fourth-order valence-corrected chi connectivity index (χ4v) is 2.99. The summed E-state index contributed by atoms with van der Waals surface area (Å²) in [5.74, 6) is -0.373. The fraction of sp³-hybridized carbons (Fsp3) is 0.385. The number of nitrogen functional groups attached to an aromatic ring is 1. The lowest BCUT2D eigenvalue weighted by Gasteiger charge is -2.06. The second-order valence-electron chi connectivity index (χ2n) is 4.56. The maximum absolute atomic E-state index is 11.9. The lowest BCUT2D eigenvalue weighted by molar-refractivity contribution is 0.0385. The quantitative estimate of drug-likeness (QED) is 0.847. The predicted molar refractivity (Wildman–Crippen MR) is 74.1 cm³/mol. The monoisotopic (exact) mass is 264 g/mol. The summed E-state index contributed by atoms with van der Waals surface area (Å²) < 4.78 is 5.18. The molecule has 0 radical (unpaired) electrons. The molecule has 0 atom stereocenters. The molecule has 2 heterocycles. The van der Waals surface area contributed by atoms with Crippen LogP contribution in [-0.2, 0) is 4.74 Å². The second-order valence-corrected chi connectivity index (χ2v) is 5.56. The Morgan fingerprint density at radius 1 is 1.44 bits per heavy atom. The van der Waals surface area contributed by atoms with E-state index in [4.69, 9.17) is 10.5 Å². The number of esters is 1. The van der Waals surface area contributed by atoms with Crippen LogP contribution < -0.4 is 5.73 Å². The summed E-state index contributed by atoms with van der Waals surface area (Å²) >= 11 is 1.29. The number of carbonyl (C=O) groups is 1. The minimum Gasteiger partial charge on any atom is -0.459 e. The van der Waals surface area contributed by atoms with Gasteiger partial charge in [-0.3, -0.25) is 0 Å². The molecule has 0 unspecified atom stereocenters. The van der Waals surface area contributed by atoms with Crippen molar-refractivity contribution in [2.45, 2.75) is 33.8 Å². The van der Waals surface area contributed by atoms with Gasteiger partial charge in [0.15, 0.2) is 0 Å². The van der Waals surface area contributed by atoms with E-state index < -0.39 is 0 Å². The predicted octanol–water partition coefficient (Wildman–Crippen LogP) is 3.06. The average Bonchev–Trinajstić information content (AvgIpc) is 2.54. The van der Waals surface area contributed by atoms with Gasteiger partial charge in [-0.2, -0.15) is 0 Å². The number of hydrogen-bond acceptors (Lipinski definition) is 5. The molecular formula is C13H16N2O2S. The Balaban J connectivity index is 2.57. The van der Waals surface area contributed by atoms with E-state index >= 15 is 0 Å². The first-order valence-corrected chi connectivity index (χ1v) is 6.59. The molecule has 2 aromatic rings. The van der Waals surface area contributed by atoms with Crippen molar-refractivity contribution < 1.29 is 9.53 Å². The number of carbonyl (C=O) groups excluding carboxylic acids is 1. The van der Waals surface area contributed by atoms with E-state index in [-0.39, 0.29) is 12.1 Å². The van der Waals surface area contributed by atoms with Gasteiger partial charge in [0, 0.05) is 11.1 Å². The summed E-state index contributed by atoms with van der Waals surface area (Å²) in [7, 11) is 0. The third-order valence-electron chi connectivity index (χ3n) is 2.55. The number of aromatic nitrogens is 1. The smallest absolute Gasteiger partial charge is 0.350 e. The van der Waals surface area contributed by atoms with Gasteiger partial charge < -0.3 is 10.5 Å². The summed E-state index contributed by atoms with van der Waals surface area (Å²) in [4.78, 5) is 17.6. The SMILES string of the molecule is Cc1cc(C)c2c(N)c(C(=O)OC(C)C)sc2n1. The zero-order valence-corrected chi connectivity index (χ0v) is 11.7. The summed E-state index contributed by atoms with van der Waals surface area (Å²) in [6.45, 7) is 7.52. The highest BCUT2D eigenvalue weighted by atomic mass is 32.1. The molecule has 96 valence electrons. The van der Waals surface area contributed by atoms with Crippen LogP contribution >= 0.6 is 11.3 Å². The van der Waals surface area contributed by atoms with Gasteiger partial charge >= 0.3 is 5.97 Å². The van der Waals surface area contributed by atoms with Crippen LogP contribution in [0.15, 0.2) is 6.07 Å². The topological polar surface area (TPSA) is 65.2 Å². The van der Waals surface area contributed by atoms with Crippen LogP contribution in [0.1, 0.15) is 34.8 Å². The minimum absolute atomic E-state index is 0.155. The summed E-state index contributed by atoms with van der Waals surface area (Å²) in [6, 6.07) is 1.96. The zero-order valence-electron chi connectivity index (χ0n) is 10.9. The molecule has 0 aliphatic heterocycles. The van der Waals surface area contributed by atoms with E-state index in [1.165, 1.54) is 11.3 Å². The minimum atomic E-state index is -0.373. The zero-order chi connectivity index (χ0) is 13.4. The highest BCUT2D eigenvalue weighted by Gasteiger charge is 2.20. The molecule has 4 nitrogen and oxygen atoms in total. The van der Waals surface area contributed by atoms with Gasteiger partial charge in [-0.05, 0) is 39.3 Å². The molecule has 0 bridgehead atoms. The largest absolute Gasteiger partial charge is 0.459 e. The van der Waals surface area contributed by atoms with Crippen LogP contribution in [0.25, 0.3) is 10.2 Å². The van der Waals surface area contributed by atoms with Gasteiger partial charge in [0.2, 0.25) is 0 Å². The Morgan fingerprint density at radius 3 is 2.72 bits per heavy atom. The van der Waals surface area contributed by atoms with Crippen LogP contribution in [0.2, 0.25) is 0 Å². The van der Waals surface area contributed by atoms with E-state index in [2.05, 4.69) is 4.98 Å². The average molecular weight is 264 g/mol. The van der Waals surface area contributed by atoms with Gasteiger partial charge in [-0.15, -0.1) is 11.3 Å². The molecule has 0 saturated heterocycles. The van der Waals surface area contributed by atoms with Crippen LogP contribution in [-0.4, -0.2) is 17.1 Å². The highest BCUT2D eigenvalue weighted by molar-refractivity contribution is 7.21. The molecule has 2 N–H and O–H groups in total. The first-order chi connectivity index (χ1) is 8.40. The summed E-state index contributed by atoms with van der Waals surface area (Å²) in [5.41, 5.74) is 8.47. The Morgan fingerprint density at radius 2 is 2.11 bits per heavy atom. The summed E-state index contributed by atoms with van der Waals surface area (Å²) in [6.07, 6.45) is -0.155. The molecule has 18 heavy (non-hydrogen) atoms. The van der Waals surface area contributed by atoms with Gasteiger partial charge in [0.05, 0.1) is 11.8 Å². The number of nitrogens with zero attached hydrogens (tertiary/aromatic N) is 1. The molecule has 0 spiro atoms. The van der Waals surface area contributed by atoms with Crippen LogP contribution in [0.4, 0.5) is 5.69 Å². The van der Waals surface area contributed by atoms with E-state index in [0.717, 1.165) is 21.5 Å². The van der Waals surface area contributed by atoms with Crippen molar-refractivity contribution in [2.75, 3.05) is 5.73 Å². The van der Waals surface area contributed by atoms with E-state index in [0.29, 0.717) is 10.6 Å². The molecular weight excluding hydrogens is 248 g/mol. The molecule has 0 fully saturated rings. The second kappa shape index (κ2) is 4.57. The molecule has 0 amide bonds. The van der Waals surface area contributed by atoms with Crippen LogP contribution in [0.5, 0.6) is 0 Å².